The predicted molar refractivity (Wildman–Crippen MR) is 27.0 cm³/mol. The van der Waals surface area contributed by atoms with E-state index < -0.39 is 6.16 Å². The first kappa shape index (κ1) is 15.7. The van der Waals surface area contributed by atoms with Crippen molar-refractivity contribution < 1.29 is 18.8 Å². The molecule has 38 valence electrons. The molecule has 6 heteroatoms. The zero-order valence-electron chi connectivity index (χ0n) is 2.92. The molecule has 4 nitrogen and oxygen atoms in total. The average molecular weight is 148 g/mol. The summed E-state index contributed by atoms with van der Waals surface area (Å²) in [5.41, 5.74) is 0. The van der Waals surface area contributed by atoms with Gasteiger partial charge in [-0.25, -0.2) is 4.79 Å². The summed E-state index contributed by atoms with van der Waals surface area (Å²) in [5.74, 6) is 0. The van der Waals surface area contributed by atoms with Crippen LogP contribution in [0, 0.1) is 0 Å². The monoisotopic (exact) mass is 148 g/mol. The van der Waals surface area contributed by atoms with Crippen LogP contribution in [-0.4, -0.2) is 70.3 Å². The molecular formula is CH5AlCaO4. The van der Waals surface area contributed by atoms with Crippen molar-refractivity contribution in [3.05, 3.63) is 0 Å². The number of hydrogen-bond donors (Lipinski definition) is 2. The summed E-state index contributed by atoms with van der Waals surface area (Å²) in [4.78, 5) is 8.56. The first-order valence-electron chi connectivity index (χ1n) is 0.940. The van der Waals surface area contributed by atoms with Crippen molar-refractivity contribution in [2.24, 2.45) is 0 Å². The van der Waals surface area contributed by atoms with E-state index in [0.717, 1.165) is 0 Å². The number of hydrogen-bond acceptors (Lipinski definition) is 2. The van der Waals surface area contributed by atoms with E-state index in [0.29, 0.717) is 16.2 Å². The van der Waals surface area contributed by atoms with Crippen LogP contribution in [0.4, 0.5) is 4.79 Å². The van der Waals surface area contributed by atoms with E-state index in [1.165, 1.54) is 0 Å². The molecule has 0 bridgehead atoms. The van der Waals surface area contributed by atoms with Gasteiger partial charge in [0.05, 0.1) is 0 Å². The molecule has 0 amide bonds. The SMILES string of the molecule is O=C(O)O.[CaH2].[O]=[AlH]. The fourth-order valence-electron chi connectivity index (χ4n) is 0. The van der Waals surface area contributed by atoms with Crippen molar-refractivity contribution in [1.82, 2.24) is 0 Å². The molecule has 0 unspecified atom stereocenters. The summed E-state index contributed by atoms with van der Waals surface area (Å²) in [6.07, 6.45) is -1.83. The summed E-state index contributed by atoms with van der Waals surface area (Å²) in [5, 5.41) is 13.9. The van der Waals surface area contributed by atoms with Crippen molar-refractivity contribution in [2.75, 3.05) is 0 Å². The van der Waals surface area contributed by atoms with Gasteiger partial charge in [-0.1, -0.05) is 0 Å². The molecule has 0 rings (SSSR count). The average Bonchev–Trinajstić information content (AvgIpc) is 1.41. The molecule has 0 aliphatic carbocycles. The molecule has 0 atom stereocenters. The molecule has 0 spiro atoms. The van der Waals surface area contributed by atoms with Gasteiger partial charge in [0, 0.05) is 0 Å². The van der Waals surface area contributed by atoms with Crippen LogP contribution in [0.3, 0.4) is 0 Å². The maximum absolute atomic E-state index is 8.56. The second-order valence-electron chi connectivity index (χ2n) is 0.283. The minimum atomic E-state index is -1.83. The Bertz CT molecular complexity index is 43.0. The number of carbonyl (C=O) groups is 1. The first-order chi connectivity index (χ1) is 2.73. The normalized spacial score (nSPS) is 3.86. The molecule has 7 heavy (non-hydrogen) atoms. The Kier molecular flexibility index (Phi) is 35.4. The molecule has 0 saturated heterocycles. The molecule has 0 aromatic carbocycles. The fourth-order valence-corrected chi connectivity index (χ4v) is 0. The van der Waals surface area contributed by atoms with E-state index >= 15 is 0 Å². The summed E-state index contributed by atoms with van der Waals surface area (Å²) in [6, 6.07) is 0. The Hall–Kier alpha value is 0.862. The second-order valence-corrected chi connectivity index (χ2v) is 0.283. The summed E-state index contributed by atoms with van der Waals surface area (Å²) in [7, 11) is 0. The van der Waals surface area contributed by atoms with Gasteiger partial charge >= 0.3 is 63.9 Å². The Morgan fingerprint density at radius 3 is 1.29 bits per heavy atom. The van der Waals surface area contributed by atoms with Crippen molar-refractivity contribution in [2.45, 2.75) is 0 Å². The van der Waals surface area contributed by atoms with Crippen LogP contribution in [0.25, 0.3) is 0 Å². The minimum absolute atomic E-state index is 0. The number of carboxylic acid groups (broad SMARTS) is 2. The van der Waals surface area contributed by atoms with Gasteiger partial charge in [0.1, 0.15) is 0 Å². The second kappa shape index (κ2) is 15.8. The molecule has 0 aromatic rings. The van der Waals surface area contributed by atoms with E-state index in [1.807, 2.05) is 0 Å². The summed E-state index contributed by atoms with van der Waals surface area (Å²) < 4.78 is 8.28. The van der Waals surface area contributed by atoms with Crippen LogP contribution in [0.15, 0.2) is 0 Å². The number of rotatable bonds is 0. The van der Waals surface area contributed by atoms with Crippen LogP contribution >= 0.6 is 0 Å². The van der Waals surface area contributed by atoms with Gasteiger partial charge in [-0.15, -0.1) is 0 Å². The van der Waals surface area contributed by atoms with Crippen molar-refractivity contribution in [3.8, 4) is 0 Å². The Morgan fingerprint density at radius 1 is 1.29 bits per heavy atom. The topological polar surface area (TPSA) is 74.6 Å². The van der Waals surface area contributed by atoms with Crippen molar-refractivity contribution >= 4 is 60.1 Å². The van der Waals surface area contributed by atoms with Crippen LogP contribution in [0.2, 0.25) is 0 Å². The van der Waals surface area contributed by atoms with E-state index in [4.69, 9.17) is 18.8 Å². The fraction of sp³-hybridized carbons (Fsp3) is 0. The van der Waals surface area contributed by atoms with E-state index in [2.05, 4.69) is 0 Å². The predicted octanol–water partition coefficient (Wildman–Crippen LogP) is -1.46. The molecule has 0 heterocycles. The van der Waals surface area contributed by atoms with Gasteiger partial charge in [0.2, 0.25) is 0 Å². The van der Waals surface area contributed by atoms with Gasteiger partial charge < -0.3 is 10.2 Å². The van der Waals surface area contributed by atoms with Gasteiger partial charge in [0.15, 0.2) is 0 Å². The first-order valence-corrected chi connectivity index (χ1v) is 1.52. The van der Waals surface area contributed by atoms with Crippen LogP contribution in [0.5, 0.6) is 0 Å². The van der Waals surface area contributed by atoms with Gasteiger partial charge in [-0.2, -0.15) is 0 Å². The van der Waals surface area contributed by atoms with Gasteiger partial charge in [-0.3, -0.25) is 0 Å². The zero-order chi connectivity index (χ0) is 5.58. The quantitative estimate of drug-likeness (QED) is 0.412. The van der Waals surface area contributed by atoms with Gasteiger partial charge in [-0.05, 0) is 0 Å². The maximum atomic E-state index is 8.56. The third-order valence-electron chi connectivity index (χ3n) is 0. The van der Waals surface area contributed by atoms with Crippen LogP contribution in [-0.2, 0) is 3.80 Å². The standard InChI is InChI=1S/CH2O3.Al.Ca.O.3H/c2-1(3)4;;;;;;/h(H2,2,3,4);;;;;;. The van der Waals surface area contributed by atoms with Crippen LogP contribution < -0.4 is 0 Å². The van der Waals surface area contributed by atoms with E-state index in [1.54, 1.807) is 0 Å². The Morgan fingerprint density at radius 2 is 1.29 bits per heavy atom. The van der Waals surface area contributed by atoms with Crippen LogP contribution in [0.1, 0.15) is 0 Å². The van der Waals surface area contributed by atoms with E-state index in [-0.39, 0.29) is 37.7 Å². The third kappa shape index (κ3) is 218. The molecule has 2 N–H and O–H groups in total. The summed E-state index contributed by atoms with van der Waals surface area (Å²) in [6.45, 7) is 0. The molecule has 0 aromatic heterocycles. The summed E-state index contributed by atoms with van der Waals surface area (Å²) >= 11 is 0.611. The third-order valence-corrected chi connectivity index (χ3v) is 0. The zero-order valence-corrected chi connectivity index (χ0v) is 4.33. The van der Waals surface area contributed by atoms with Crippen molar-refractivity contribution in [3.63, 3.8) is 0 Å². The molecule has 0 saturated carbocycles. The van der Waals surface area contributed by atoms with Gasteiger partial charge in [0.25, 0.3) is 0 Å². The molecule has 0 radical (unpaired) electrons. The molecule has 0 aliphatic rings. The molecule has 0 fully saturated rings. The molecule has 0 aliphatic heterocycles. The Labute approximate surface area is 78.1 Å². The van der Waals surface area contributed by atoms with E-state index in [9.17, 15) is 0 Å². The Balaban J connectivity index is -0.0000000480. The van der Waals surface area contributed by atoms with Crippen molar-refractivity contribution in [1.29, 1.82) is 0 Å². The molecular weight excluding hydrogens is 143 g/mol.